The van der Waals surface area contributed by atoms with Gasteiger partial charge < -0.3 is 4.90 Å². The van der Waals surface area contributed by atoms with Gasteiger partial charge in [0.1, 0.15) is 23.2 Å². The largest absolute Gasteiger partial charge is 0.366 e. The molecule has 11 heteroatoms. The van der Waals surface area contributed by atoms with Crippen molar-refractivity contribution < 1.29 is 17.6 Å². The Morgan fingerprint density at radius 3 is 2.48 bits per heavy atom. The SMILES string of the molecule is O=c1c(Cl)c(N2CCN(Cc3ncc(F)cc3F)CC2)cnn1CC(F)F. The molecule has 0 spiro atoms. The zero-order valence-electron chi connectivity index (χ0n) is 14.1. The molecule has 0 saturated carbocycles. The summed E-state index contributed by atoms with van der Waals surface area (Å²) in [5.74, 6) is -1.43. The molecule has 6 nitrogen and oxygen atoms in total. The maximum atomic E-state index is 13.7. The predicted molar refractivity (Wildman–Crippen MR) is 91.2 cm³/mol. The van der Waals surface area contributed by atoms with Crippen LogP contribution in [-0.4, -0.2) is 52.3 Å². The molecule has 0 amide bonds. The number of alkyl halides is 2. The molecule has 0 unspecified atom stereocenters. The summed E-state index contributed by atoms with van der Waals surface area (Å²) in [5, 5.41) is 3.59. The number of halogens is 5. The standard InChI is InChI=1S/C16H16ClF4N5O/c17-15-13(7-23-26(16(15)27)9-14(20)21)25-3-1-24(2-4-25)8-12-11(19)5-10(18)6-22-12/h5-7,14H,1-4,8-9H2. The molecular weight excluding hydrogens is 390 g/mol. The third-order valence-electron chi connectivity index (χ3n) is 4.25. The van der Waals surface area contributed by atoms with Crippen LogP contribution in [0.1, 0.15) is 5.69 Å². The van der Waals surface area contributed by atoms with E-state index in [-0.39, 0.29) is 17.3 Å². The molecule has 1 saturated heterocycles. The monoisotopic (exact) mass is 405 g/mol. The summed E-state index contributed by atoms with van der Waals surface area (Å²) < 4.78 is 52.2. The molecule has 0 atom stereocenters. The zero-order chi connectivity index (χ0) is 19.6. The van der Waals surface area contributed by atoms with Crippen molar-refractivity contribution >= 4 is 17.3 Å². The van der Waals surface area contributed by atoms with Gasteiger partial charge in [0.2, 0.25) is 0 Å². The van der Waals surface area contributed by atoms with Crippen LogP contribution in [0.2, 0.25) is 5.02 Å². The number of hydrogen-bond acceptors (Lipinski definition) is 5. The molecule has 1 aliphatic rings. The highest BCUT2D eigenvalue weighted by Gasteiger charge is 2.23. The first kappa shape index (κ1) is 19.6. The number of pyridine rings is 1. The second kappa shape index (κ2) is 8.22. The van der Waals surface area contributed by atoms with Crippen LogP contribution < -0.4 is 10.5 Å². The van der Waals surface area contributed by atoms with E-state index in [9.17, 15) is 22.4 Å². The van der Waals surface area contributed by atoms with E-state index in [2.05, 4.69) is 10.1 Å². The van der Waals surface area contributed by atoms with E-state index in [4.69, 9.17) is 11.6 Å². The highest BCUT2D eigenvalue weighted by atomic mass is 35.5. The van der Waals surface area contributed by atoms with Crippen molar-refractivity contribution in [3.63, 3.8) is 0 Å². The van der Waals surface area contributed by atoms with Crippen LogP contribution >= 0.6 is 11.6 Å². The molecule has 0 N–H and O–H groups in total. The van der Waals surface area contributed by atoms with E-state index in [0.717, 1.165) is 12.3 Å². The second-order valence-corrected chi connectivity index (χ2v) is 6.45. The maximum Gasteiger partial charge on any atom is 0.287 e. The first-order valence-electron chi connectivity index (χ1n) is 8.16. The van der Waals surface area contributed by atoms with Gasteiger partial charge in [0.15, 0.2) is 0 Å². The van der Waals surface area contributed by atoms with E-state index >= 15 is 0 Å². The van der Waals surface area contributed by atoms with Gasteiger partial charge in [0.25, 0.3) is 12.0 Å². The van der Waals surface area contributed by atoms with Crippen LogP contribution in [0.15, 0.2) is 23.3 Å². The first-order chi connectivity index (χ1) is 12.8. The number of piperazine rings is 1. The molecule has 146 valence electrons. The summed E-state index contributed by atoms with van der Waals surface area (Å²) in [6, 6.07) is 0.790. The molecule has 0 aromatic carbocycles. The molecule has 2 aromatic heterocycles. The van der Waals surface area contributed by atoms with Crippen LogP contribution in [0.3, 0.4) is 0 Å². The molecule has 27 heavy (non-hydrogen) atoms. The van der Waals surface area contributed by atoms with Crippen molar-refractivity contribution in [2.45, 2.75) is 19.5 Å². The van der Waals surface area contributed by atoms with Crippen molar-refractivity contribution in [3.05, 3.63) is 51.2 Å². The van der Waals surface area contributed by atoms with E-state index in [1.54, 1.807) is 0 Å². The summed E-state index contributed by atoms with van der Waals surface area (Å²) in [5.41, 5.74) is -0.244. The Morgan fingerprint density at radius 2 is 1.85 bits per heavy atom. The van der Waals surface area contributed by atoms with Gasteiger partial charge in [-0.25, -0.2) is 22.2 Å². The molecule has 3 rings (SSSR count). The molecule has 2 aromatic rings. The van der Waals surface area contributed by atoms with E-state index < -0.39 is 30.2 Å². The van der Waals surface area contributed by atoms with E-state index in [1.165, 1.54) is 6.20 Å². The Hall–Kier alpha value is -2.20. The van der Waals surface area contributed by atoms with Gasteiger partial charge >= 0.3 is 0 Å². The quantitative estimate of drug-likeness (QED) is 0.714. The van der Waals surface area contributed by atoms with Gasteiger partial charge in [0, 0.05) is 38.8 Å². The van der Waals surface area contributed by atoms with Gasteiger partial charge in [0.05, 0.1) is 23.8 Å². The Balaban J connectivity index is 1.65. The van der Waals surface area contributed by atoms with Crippen LogP contribution in [0, 0.1) is 11.6 Å². The molecule has 0 aliphatic carbocycles. The van der Waals surface area contributed by atoms with Crippen LogP contribution in [0.4, 0.5) is 23.2 Å². The minimum atomic E-state index is -2.71. The van der Waals surface area contributed by atoms with Crippen LogP contribution in [0.5, 0.6) is 0 Å². The lowest BCUT2D eigenvalue weighted by Gasteiger charge is -2.36. The van der Waals surface area contributed by atoms with Crippen molar-refractivity contribution in [1.29, 1.82) is 0 Å². The number of nitrogens with zero attached hydrogens (tertiary/aromatic N) is 5. The fourth-order valence-electron chi connectivity index (χ4n) is 2.86. The number of anilines is 1. The first-order valence-corrected chi connectivity index (χ1v) is 8.54. The van der Waals surface area contributed by atoms with Crippen molar-refractivity contribution in [1.82, 2.24) is 19.7 Å². The third kappa shape index (κ3) is 4.56. The highest BCUT2D eigenvalue weighted by Crippen LogP contribution is 2.23. The van der Waals surface area contributed by atoms with Gasteiger partial charge in [-0.3, -0.25) is 14.7 Å². The lowest BCUT2D eigenvalue weighted by Crippen LogP contribution is -2.46. The fraction of sp³-hybridized carbons (Fsp3) is 0.438. The Labute approximate surface area is 157 Å². The molecule has 1 fully saturated rings. The number of aromatic nitrogens is 3. The summed E-state index contributed by atoms with van der Waals surface area (Å²) in [4.78, 5) is 19.6. The summed E-state index contributed by atoms with van der Waals surface area (Å²) >= 11 is 6.05. The lowest BCUT2D eigenvalue weighted by atomic mass is 10.2. The minimum absolute atomic E-state index is 0.152. The van der Waals surface area contributed by atoms with Gasteiger partial charge in [-0.1, -0.05) is 11.6 Å². The predicted octanol–water partition coefficient (Wildman–Crippen LogP) is 2.16. The topological polar surface area (TPSA) is 54.3 Å². The number of hydrogen-bond donors (Lipinski definition) is 0. The van der Waals surface area contributed by atoms with Crippen molar-refractivity contribution in [2.24, 2.45) is 0 Å². The Bertz CT molecular complexity index is 870. The Kier molecular flexibility index (Phi) is 5.95. The zero-order valence-corrected chi connectivity index (χ0v) is 14.8. The number of rotatable bonds is 5. The smallest absolute Gasteiger partial charge is 0.287 e. The average Bonchev–Trinajstić information content (AvgIpc) is 2.62. The van der Waals surface area contributed by atoms with E-state index in [1.807, 2.05) is 9.80 Å². The normalized spacial score (nSPS) is 15.6. The van der Waals surface area contributed by atoms with Gasteiger partial charge in [-0.15, -0.1) is 0 Å². The van der Waals surface area contributed by atoms with Crippen LogP contribution in [0.25, 0.3) is 0 Å². The fourth-order valence-corrected chi connectivity index (χ4v) is 3.12. The molecule has 1 aliphatic heterocycles. The molecular formula is C16H16ClF4N5O. The maximum absolute atomic E-state index is 13.7. The molecule has 0 radical (unpaired) electrons. The lowest BCUT2D eigenvalue weighted by molar-refractivity contribution is 0.119. The third-order valence-corrected chi connectivity index (χ3v) is 4.60. The minimum Gasteiger partial charge on any atom is -0.366 e. The molecule has 3 heterocycles. The van der Waals surface area contributed by atoms with Crippen LogP contribution in [-0.2, 0) is 13.1 Å². The average molecular weight is 406 g/mol. The molecule has 0 bridgehead atoms. The van der Waals surface area contributed by atoms with Gasteiger partial charge in [-0.05, 0) is 0 Å². The Morgan fingerprint density at radius 1 is 1.15 bits per heavy atom. The van der Waals surface area contributed by atoms with E-state index in [0.29, 0.717) is 36.5 Å². The van der Waals surface area contributed by atoms with Gasteiger partial charge in [-0.2, -0.15) is 5.10 Å². The summed E-state index contributed by atoms with van der Waals surface area (Å²) in [6.07, 6.45) is -0.446. The van der Waals surface area contributed by atoms with Crippen molar-refractivity contribution in [3.8, 4) is 0 Å². The second-order valence-electron chi connectivity index (χ2n) is 6.07. The highest BCUT2D eigenvalue weighted by molar-refractivity contribution is 6.33. The summed E-state index contributed by atoms with van der Waals surface area (Å²) in [7, 11) is 0. The summed E-state index contributed by atoms with van der Waals surface area (Å²) in [6.45, 7) is 1.40. The van der Waals surface area contributed by atoms with Crippen molar-refractivity contribution in [2.75, 3.05) is 31.1 Å².